The fourth-order valence-corrected chi connectivity index (χ4v) is 4.54. The fraction of sp³-hybridized carbons (Fsp3) is 0.375. The van der Waals surface area contributed by atoms with E-state index in [0.717, 1.165) is 37.2 Å². The Morgan fingerprint density at radius 2 is 1.93 bits per heavy atom. The number of hydrogen-bond acceptors (Lipinski definition) is 4. The van der Waals surface area contributed by atoms with Gasteiger partial charge in [0.1, 0.15) is 18.2 Å². The molecule has 3 heterocycles. The highest BCUT2D eigenvalue weighted by Crippen LogP contribution is 2.41. The highest BCUT2D eigenvalue weighted by Gasteiger charge is 2.32. The van der Waals surface area contributed by atoms with E-state index in [1.54, 1.807) is 6.07 Å². The summed E-state index contributed by atoms with van der Waals surface area (Å²) in [4.78, 5) is 15.0. The predicted octanol–water partition coefficient (Wildman–Crippen LogP) is 3.40. The van der Waals surface area contributed by atoms with E-state index >= 15 is 0 Å². The van der Waals surface area contributed by atoms with E-state index in [1.807, 2.05) is 6.07 Å². The third kappa shape index (κ3) is 3.73. The molecule has 0 aromatic heterocycles. The van der Waals surface area contributed by atoms with Gasteiger partial charge in [-0.25, -0.2) is 4.39 Å². The summed E-state index contributed by atoms with van der Waals surface area (Å²) in [7, 11) is 0. The average Bonchev–Trinajstić information content (AvgIpc) is 3.46. The minimum absolute atomic E-state index is 0.246. The van der Waals surface area contributed by atoms with Gasteiger partial charge >= 0.3 is 0 Å². The first-order valence-corrected chi connectivity index (χ1v) is 10.7. The van der Waals surface area contributed by atoms with Gasteiger partial charge in [-0.2, -0.15) is 0 Å². The maximum absolute atomic E-state index is 13.7. The lowest BCUT2D eigenvalue weighted by atomic mass is 9.98. The number of fused-ring (bicyclic) bond motifs is 2. The number of amides is 1. The van der Waals surface area contributed by atoms with Crippen LogP contribution in [0.4, 0.5) is 10.1 Å². The lowest BCUT2D eigenvalue weighted by Crippen LogP contribution is -2.30. The van der Waals surface area contributed by atoms with E-state index in [1.165, 1.54) is 43.6 Å². The summed E-state index contributed by atoms with van der Waals surface area (Å²) in [5.41, 5.74) is 4.85. The van der Waals surface area contributed by atoms with Crippen LogP contribution >= 0.6 is 0 Å². The molecule has 0 aliphatic carbocycles. The second-order valence-electron chi connectivity index (χ2n) is 8.18. The van der Waals surface area contributed by atoms with Gasteiger partial charge in [-0.3, -0.25) is 4.79 Å². The SMILES string of the molecule is O=C1Nc2ccc(F)cc2C1=C1OCc2cc(CCNCCN3CCCC3)ccc21. The van der Waals surface area contributed by atoms with Gasteiger partial charge in [-0.15, -0.1) is 0 Å². The number of carbonyl (C=O) groups is 1. The molecule has 1 fully saturated rings. The summed E-state index contributed by atoms with van der Waals surface area (Å²) < 4.78 is 19.7. The fourth-order valence-electron chi connectivity index (χ4n) is 4.54. The van der Waals surface area contributed by atoms with Crippen LogP contribution in [0.1, 0.15) is 35.1 Å². The van der Waals surface area contributed by atoms with Gasteiger partial charge in [0.05, 0.1) is 5.57 Å². The first-order valence-electron chi connectivity index (χ1n) is 10.7. The standard InChI is InChI=1S/C24H26FN3O2/c25-18-4-6-21-20(14-18)22(24(29)27-21)23-19-5-3-16(13-17(19)15-30-23)7-8-26-9-12-28-10-1-2-11-28/h3-6,13-14,26H,1-2,7-12,15H2,(H,27,29). The number of nitrogens with one attached hydrogen (secondary N) is 2. The second kappa shape index (κ2) is 8.20. The smallest absolute Gasteiger partial charge is 0.260 e. The number of hydrogen-bond donors (Lipinski definition) is 2. The molecule has 5 nitrogen and oxygen atoms in total. The molecule has 1 saturated heterocycles. The van der Waals surface area contributed by atoms with Crippen molar-refractivity contribution in [2.75, 3.05) is 38.0 Å². The summed E-state index contributed by atoms with van der Waals surface area (Å²) in [6.07, 6.45) is 3.61. The molecule has 156 valence electrons. The number of halogens is 1. The molecular weight excluding hydrogens is 381 g/mol. The van der Waals surface area contributed by atoms with Crippen LogP contribution in [0.25, 0.3) is 11.3 Å². The number of benzene rings is 2. The van der Waals surface area contributed by atoms with Crippen LogP contribution in [-0.4, -0.2) is 43.5 Å². The van der Waals surface area contributed by atoms with Crippen LogP contribution in [0.2, 0.25) is 0 Å². The van der Waals surface area contributed by atoms with E-state index in [4.69, 9.17) is 4.74 Å². The molecule has 0 saturated carbocycles. The molecule has 2 aromatic rings. The Kier molecular flexibility index (Phi) is 5.27. The maximum atomic E-state index is 13.7. The van der Waals surface area contributed by atoms with Gasteiger partial charge in [0.25, 0.3) is 5.91 Å². The van der Waals surface area contributed by atoms with Crippen molar-refractivity contribution in [3.8, 4) is 0 Å². The Morgan fingerprint density at radius 3 is 2.80 bits per heavy atom. The van der Waals surface area contributed by atoms with E-state index in [0.29, 0.717) is 29.2 Å². The zero-order valence-corrected chi connectivity index (χ0v) is 17.0. The van der Waals surface area contributed by atoms with Crippen molar-refractivity contribution in [3.05, 3.63) is 64.5 Å². The van der Waals surface area contributed by atoms with E-state index in [-0.39, 0.29) is 11.7 Å². The van der Waals surface area contributed by atoms with Crippen LogP contribution in [0.3, 0.4) is 0 Å². The molecule has 0 bridgehead atoms. The lowest BCUT2D eigenvalue weighted by Gasteiger charge is -2.14. The first kappa shape index (κ1) is 19.3. The normalized spacial score (nSPS) is 20.2. The number of anilines is 1. The minimum Gasteiger partial charge on any atom is -0.487 e. The monoisotopic (exact) mass is 407 g/mol. The van der Waals surface area contributed by atoms with Crippen LogP contribution in [0, 0.1) is 5.82 Å². The highest BCUT2D eigenvalue weighted by atomic mass is 19.1. The number of ether oxygens (including phenoxy) is 1. The number of likely N-dealkylation sites (tertiary alicyclic amines) is 1. The minimum atomic E-state index is -0.367. The Labute approximate surface area is 175 Å². The molecule has 3 aliphatic heterocycles. The average molecular weight is 407 g/mol. The van der Waals surface area contributed by atoms with Crippen LogP contribution in [0.5, 0.6) is 0 Å². The summed E-state index contributed by atoms with van der Waals surface area (Å²) in [5.74, 6) is -0.0685. The molecule has 0 atom stereocenters. The molecule has 1 amide bonds. The van der Waals surface area contributed by atoms with Crippen LogP contribution < -0.4 is 10.6 Å². The van der Waals surface area contributed by atoms with Crippen molar-refractivity contribution >= 4 is 22.9 Å². The van der Waals surface area contributed by atoms with Crippen molar-refractivity contribution in [3.63, 3.8) is 0 Å². The molecule has 5 rings (SSSR count). The third-order valence-electron chi connectivity index (χ3n) is 6.13. The summed E-state index contributed by atoms with van der Waals surface area (Å²) in [6.45, 7) is 5.99. The first-order chi connectivity index (χ1) is 14.7. The number of rotatable bonds is 6. The van der Waals surface area contributed by atoms with Gasteiger partial charge in [0.2, 0.25) is 0 Å². The molecule has 30 heavy (non-hydrogen) atoms. The summed E-state index contributed by atoms with van der Waals surface area (Å²) >= 11 is 0. The summed E-state index contributed by atoms with van der Waals surface area (Å²) in [5, 5.41) is 6.33. The molecule has 0 spiro atoms. The zero-order valence-electron chi connectivity index (χ0n) is 17.0. The van der Waals surface area contributed by atoms with Gasteiger partial charge in [0, 0.05) is 35.5 Å². The van der Waals surface area contributed by atoms with Crippen molar-refractivity contribution < 1.29 is 13.9 Å². The Morgan fingerprint density at radius 1 is 1.07 bits per heavy atom. The largest absolute Gasteiger partial charge is 0.487 e. The second-order valence-corrected chi connectivity index (χ2v) is 8.18. The molecule has 0 unspecified atom stereocenters. The molecule has 0 radical (unpaired) electrons. The van der Waals surface area contributed by atoms with Gasteiger partial charge in [-0.05, 0) is 62.7 Å². The molecule has 6 heteroatoms. The third-order valence-corrected chi connectivity index (χ3v) is 6.13. The zero-order chi connectivity index (χ0) is 20.5. The van der Waals surface area contributed by atoms with Crippen molar-refractivity contribution in [2.24, 2.45) is 0 Å². The maximum Gasteiger partial charge on any atom is 0.260 e. The Balaban J connectivity index is 1.27. The molecule has 3 aliphatic rings. The Bertz CT molecular complexity index is 1010. The van der Waals surface area contributed by atoms with E-state index in [2.05, 4.69) is 27.7 Å². The van der Waals surface area contributed by atoms with Gasteiger partial charge in [0.15, 0.2) is 0 Å². The molecular formula is C24H26FN3O2. The molecule has 2 N–H and O–H groups in total. The van der Waals surface area contributed by atoms with Crippen LogP contribution in [0.15, 0.2) is 36.4 Å². The van der Waals surface area contributed by atoms with E-state index < -0.39 is 0 Å². The number of carbonyl (C=O) groups excluding carboxylic acids is 1. The van der Waals surface area contributed by atoms with Crippen molar-refractivity contribution in [1.82, 2.24) is 10.2 Å². The topological polar surface area (TPSA) is 53.6 Å². The number of nitrogens with zero attached hydrogens (tertiary/aromatic N) is 1. The quantitative estimate of drug-likeness (QED) is 0.569. The van der Waals surface area contributed by atoms with Gasteiger partial charge < -0.3 is 20.3 Å². The van der Waals surface area contributed by atoms with Crippen LogP contribution in [-0.2, 0) is 22.6 Å². The lowest BCUT2D eigenvalue weighted by molar-refractivity contribution is -0.110. The highest BCUT2D eigenvalue weighted by molar-refractivity contribution is 6.36. The van der Waals surface area contributed by atoms with Crippen molar-refractivity contribution in [1.29, 1.82) is 0 Å². The Hall–Kier alpha value is -2.70. The summed E-state index contributed by atoms with van der Waals surface area (Å²) in [6, 6.07) is 10.6. The van der Waals surface area contributed by atoms with E-state index in [9.17, 15) is 9.18 Å². The van der Waals surface area contributed by atoms with Crippen molar-refractivity contribution in [2.45, 2.75) is 25.9 Å². The molecule has 2 aromatic carbocycles. The van der Waals surface area contributed by atoms with Gasteiger partial charge in [-0.1, -0.05) is 18.2 Å². The predicted molar refractivity (Wildman–Crippen MR) is 115 cm³/mol.